The van der Waals surface area contributed by atoms with Crippen LogP contribution in [0.25, 0.3) is 0 Å². The first-order chi connectivity index (χ1) is 9.50. The summed E-state index contributed by atoms with van der Waals surface area (Å²) in [7, 11) is -3.43. The van der Waals surface area contributed by atoms with E-state index in [9.17, 15) is 13.5 Å². The number of hydrogen-bond acceptors (Lipinski definition) is 4. The summed E-state index contributed by atoms with van der Waals surface area (Å²) in [4.78, 5) is 1.86. The Hall–Kier alpha value is -0.430. The van der Waals surface area contributed by atoms with Crippen molar-refractivity contribution in [2.75, 3.05) is 6.54 Å². The third-order valence-electron chi connectivity index (χ3n) is 3.96. The Morgan fingerprint density at radius 1 is 1.40 bits per heavy atom. The molecule has 0 amide bonds. The van der Waals surface area contributed by atoms with Crippen LogP contribution in [0, 0.1) is 6.92 Å². The van der Waals surface area contributed by atoms with Gasteiger partial charge in [-0.25, -0.2) is 8.42 Å². The van der Waals surface area contributed by atoms with E-state index >= 15 is 0 Å². The molecule has 4 nitrogen and oxygen atoms in total. The molecule has 0 bridgehead atoms. The van der Waals surface area contributed by atoms with Gasteiger partial charge in [0, 0.05) is 22.3 Å². The Balaban J connectivity index is 2.38. The maximum absolute atomic E-state index is 12.9. The second kappa shape index (κ2) is 6.56. The molecule has 1 saturated heterocycles. The van der Waals surface area contributed by atoms with E-state index in [-0.39, 0.29) is 12.6 Å². The number of aliphatic hydroxyl groups excluding tert-OH is 1. The molecular weight excluding hydrogens is 294 g/mol. The highest BCUT2D eigenvalue weighted by atomic mass is 32.2. The highest BCUT2D eigenvalue weighted by Gasteiger charge is 2.33. The molecule has 1 aliphatic heterocycles. The molecule has 1 N–H and O–H groups in total. The van der Waals surface area contributed by atoms with Gasteiger partial charge in [0.05, 0.1) is 11.5 Å². The van der Waals surface area contributed by atoms with E-state index in [4.69, 9.17) is 0 Å². The number of nitrogens with zero attached hydrogens (tertiary/aromatic N) is 1. The lowest BCUT2D eigenvalue weighted by molar-refractivity contribution is 0.285. The van der Waals surface area contributed by atoms with Crippen LogP contribution in [0.5, 0.6) is 0 Å². The van der Waals surface area contributed by atoms with E-state index in [0.29, 0.717) is 16.3 Å². The number of aliphatic hydroxyl groups is 1. The minimum atomic E-state index is -3.43. The summed E-state index contributed by atoms with van der Waals surface area (Å²) in [6.45, 7) is 4.39. The van der Waals surface area contributed by atoms with Crippen molar-refractivity contribution in [3.63, 3.8) is 0 Å². The summed E-state index contributed by atoms with van der Waals surface area (Å²) in [5.41, 5.74) is 0. The minimum Gasteiger partial charge on any atom is -0.391 e. The lowest BCUT2D eigenvalue weighted by atomic mass is 10.1. The standard InChI is InChI=1S/C14H23NO3S2/c1-3-12-7-5-4-6-8-15(12)20(17,18)14-9-13(10-16)19-11(14)2/h9,12,16H,3-8,10H2,1-2H3. The van der Waals surface area contributed by atoms with Crippen molar-refractivity contribution in [3.8, 4) is 0 Å². The lowest BCUT2D eigenvalue weighted by Gasteiger charge is -2.28. The van der Waals surface area contributed by atoms with Crippen molar-refractivity contribution in [1.29, 1.82) is 0 Å². The molecule has 2 heterocycles. The van der Waals surface area contributed by atoms with Crippen molar-refractivity contribution >= 4 is 21.4 Å². The molecule has 114 valence electrons. The fourth-order valence-corrected chi connectivity index (χ4v) is 6.09. The lowest BCUT2D eigenvalue weighted by Crippen LogP contribution is -2.39. The number of rotatable bonds is 4. The van der Waals surface area contributed by atoms with Crippen molar-refractivity contribution in [1.82, 2.24) is 4.31 Å². The first-order valence-corrected chi connectivity index (χ1v) is 9.48. The Morgan fingerprint density at radius 2 is 2.15 bits per heavy atom. The maximum Gasteiger partial charge on any atom is 0.244 e. The number of sulfonamides is 1. The van der Waals surface area contributed by atoms with Crippen LogP contribution >= 0.6 is 11.3 Å². The van der Waals surface area contributed by atoms with Crippen LogP contribution in [0.1, 0.15) is 48.8 Å². The zero-order valence-corrected chi connectivity index (χ0v) is 13.8. The minimum absolute atomic E-state index is 0.0990. The van der Waals surface area contributed by atoms with Crippen LogP contribution in [-0.4, -0.2) is 30.4 Å². The average molecular weight is 317 g/mol. The summed E-state index contributed by atoms with van der Waals surface area (Å²) in [5, 5.41) is 9.20. The molecule has 1 atom stereocenters. The molecule has 0 saturated carbocycles. The number of hydrogen-bond donors (Lipinski definition) is 1. The van der Waals surface area contributed by atoms with E-state index in [2.05, 4.69) is 6.92 Å². The van der Waals surface area contributed by atoms with Crippen LogP contribution < -0.4 is 0 Å². The van der Waals surface area contributed by atoms with E-state index in [0.717, 1.165) is 37.0 Å². The molecule has 0 aromatic carbocycles. The zero-order valence-electron chi connectivity index (χ0n) is 12.1. The summed E-state index contributed by atoms with van der Waals surface area (Å²) < 4.78 is 27.5. The fourth-order valence-electron chi connectivity index (χ4n) is 2.86. The van der Waals surface area contributed by atoms with Crippen molar-refractivity contribution in [2.24, 2.45) is 0 Å². The molecule has 0 radical (unpaired) electrons. The summed E-state index contributed by atoms with van der Waals surface area (Å²) >= 11 is 1.36. The third-order valence-corrected chi connectivity index (χ3v) is 7.20. The van der Waals surface area contributed by atoms with E-state index in [1.807, 2.05) is 6.92 Å². The molecule has 20 heavy (non-hydrogen) atoms. The normalized spacial score (nSPS) is 21.9. The van der Waals surface area contributed by atoms with Crippen LogP contribution in [0.15, 0.2) is 11.0 Å². The van der Waals surface area contributed by atoms with Crippen LogP contribution in [0.3, 0.4) is 0 Å². The highest BCUT2D eigenvalue weighted by molar-refractivity contribution is 7.89. The predicted molar refractivity (Wildman–Crippen MR) is 81.4 cm³/mol. The van der Waals surface area contributed by atoms with E-state index < -0.39 is 10.0 Å². The van der Waals surface area contributed by atoms with Crippen molar-refractivity contribution in [3.05, 3.63) is 15.8 Å². The number of aryl methyl sites for hydroxylation is 1. The first kappa shape index (κ1) is 15.9. The van der Waals surface area contributed by atoms with Gasteiger partial charge in [0.2, 0.25) is 10.0 Å². The van der Waals surface area contributed by atoms with Crippen LogP contribution in [0.4, 0.5) is 0 Å². The fraction of sp³-hybridized carbons (Fsp3) is 0.714. The molecule has 2 rings (SSSR count). The molecule has 1 unspecified atom stereocenters. The summed E-state index contributed by atoms with van der Waals surface area (Å²) in [6, 6.07) is 1.74. The second-order valence-electron chi connectivity index (χ2n) is 5.32. The van der Waals surface area contributed by atoms with Crippen LogP contribution in [-0.2, 0) is 16.6 Å². The van der Waals surface area contributed by atoms with Gasteiger partial charge in [-0.2, -0.15) is 4.31 Å². The van der Waals surface area contributed by atoms with Crippen molar-refractivity contribution < 1.29 is 13.5 Å². The molecule has 1 aliphatic rings. The van der Waals surface area contributed by atoms with Crippen LogP contribution in [0.2, 0.25) is 0 Å². The molecule has 1 fully saturated rings. The van der Waals surface area contributed by atoms with Gasteiger partial charge in [-0.15, -0.1) is 11.3 Å². The second-order valence-corrected chi connectivity index (χ2v) is 8.52. The van der Waals surface area contributed by atoms with E-state index in [1.54, 1.807) is 10.4 Å². The maximum atomic E-state index is 12.9. The monoisotopic (exact) mass is 317 g/mol. The summed E-state index contributed by atoms with van der Waals surface area (Å²) in [6.07, 6.45) is 4.95. The molecule has 1 aromatic rings. The first-order valence-electron chi connectivity index (χ1n) is 7.22. The average Bonchev–Trinajstić information content (AvgIpc) is 2.66. The Morgan fingerprint density at radius 3 is 2.75 bits per heavy atom. The zero-order chi connectivity index (χ0) is 14.8. The Labute approximate surface area is 125 Å². The topological polar surface area (TPSA) is 57.6 Å². The van der Waals surface area contributed by atoms with Gasteiger partial charge in [-0.3, -0.25) is 0 Å². The number of thiophene rings is 1. The SMILES string of the molecule is CCC1CCCCCN1S(=O)(=O)c1cc(CO)sc1C. The Bertz CT molecular complexity index is 551. The van der Waals surface area contributed by atoms with Gasteiger partial charge < -0.3 is 5.11 Å². The van der Waals surface area contributed by atoms with Gasteiger partial charge in [-0.05, 0) is 32.3 Å². The quantitative estimate of drug-likeness (QED) is 0.929. The molecule has 1 aromatic heterocycles. The molecule has 0 aliphatic carbocycles. The van der Waals surface area contributed by atoms with E-state index in [1.165, 1.54) is 11.3 Å². The van der Waals surface area contributed by atoms with Gasteiger partial charge in [0.1, 0.15) is 0 Å². The smallest absolute Gasteiger partial charge is 0.244 e. The Kier molecular flexibility index (Phi) is 5.23. The molecular formula is C14H23NO3S2. The van der Waals surface area contributed by atoms with Gasteiger partial charge in [-0.1, -0.05) is 19.8 Å². The highest BCUT2D eigenvalue weighted by Crippen LogP contribution is 2.32. The van der Waals surface area contributed by atoms with Gasteiger partial charge >= 0.3 is 0 Å². The van der Waals surface area contributed by atoms with Crippen molar-refractivity contribution in [2.45, 2.75) is 63.5 Å². The predicted octanol–water partition coefficient (Wildman–Crippen LogP) is 2.89. The third kappa shape index (κ3) is 3.08. The molecule has 0 spiro atoms. The van der Waals surface area contributed by atoms with Gasteiger partial charge in [0.15, 0.2) is 0 Å². The van der Waals surface area contributed by atoms with Gasteiger partial charge in [0.25, 0.3) is 0 Å². The largest absolute Gasteiger partial charge is 0.391 e. The summed E-state index contributed by atoms with van der Waals surface area (Å²) in [5.74, 6) is 0. The molecule has 6 heteroatoms.